The first kappa shape index (κ1) is 11.3. The predicted octanol–water partition coefficient (Wildman–Crippen LogP) is 2.50. The molecule has 0 fully saturated rings. The first-order valence-corrected chi connectivity index (χ1v) is 7.32. The molecule has 0 heterocycles. The molecule has 0 aliphatic carbocycles. The smallest absolute Gasteiger partial charge is 0.0541 e. The van der Waals surface area contributed by atoms with E-state index in [2.05, 4.69) is 25.7 Å². The Bertz CT molecular complexity index is 86.1. The molecule has 0 unspecified atom stereocenters. The van der Waals surface area contributed by atoms with Gasteiger partial charge < -0.3 is 4.74 Å². The molecular weight excluding hydrogens is 156 g/mol. The van der Waals surface area contributed by atoms with E-state index in [4.69, 9.17) is 4.74 Å². The van der Waals surface area contributed by atoms with Gasteiger partial charge in [0.1, 0.15) is 0 Å². The quantitative estimate of drug-likeness (QED) is 0.568. The Morgan fingerprint density at radius 2 is 1.73 bits per heavy atom. The molecule has 0 atom stereocenters. The zero-order chi connectivity index (χ0) is 8.74. The second kappa shape index (κ2) is 5.90. The Hall–Kier alpha value is 0.310. The van der Waals surface area contributed by atoms with Crippen molar-refractivity contribution in [2.24, 2.45) is 0 Å². The van der Waals surface area contributed by atoms with Gasteiger partial charge in [0.05, 0.1) is 6.61 Å². The summed E-state index contributed by atoms with van der Waals surface area (Å²) >= 11 is 0. The van der Waals surface area contributed by atoms with Crippen LogP contribution >= 0.6 is 10.0 Å². The van der Waals surface area contributed by atoms with Crippen molar-refractivity contribution < 1.29 is 4.74 Å². The molecule has 0 amide bonds. The van der Waals surface area contributed by atoms with Crippen LogP contribution in [-0.2, 0) is 4.74 Å². The summed E-state index contributed by atoms with van der Waals surface area (Å²) in [5.74, 6) is 1.25. The fourth-order valence-electron chi connectivity index (χ4n) is 0.657. The van der Waals surface area contributed by atoms with Crippen LogP contribution in [0.5, 0.6) is 0 Å². The average molecular weight is 178 g/mol. The van der Waals surface area contributed by atoms with Gasteiger partial charge in [0, 0.05) is 12.4 Å². The van der Waals surface area contributed by atoms with Crippen LogP contribution in [0.1, 0.15) is 19.8 Å². The molecule has 0 bridgehead atoms. The first-order chi connectivity index (χ1) is 5.06. The minimum atomic E-state index is -0.336. The molecule has 0 aromatic rings. The zero-order valence-corrected chi connectivity index (χ0v) is 9.17. The monoisotopic (exact) mass is 178 g/mol. The van der Waals surface area contributed by atoms with E-state index in [9.17, 15) is 0 Å². The maximum absolute atomic E-state index is 5.47. The number of rotatable bonds is 6. The standard InChI is InChI=1S/C9H22OS/c1-5-6-7-10-8-9-11(2,3)4/h5-9H2,1-4H3. The molecule has 70 valence electrons. The molecule has 1 nitrogen and oxygen atoms in total. The van der Waals surface area contributed by atoms with Gasteiger partial charge in [-0.25, -0.2) is 10.0 Å². The van der Waals surface area contributed by atoms with E-state index in [0.29, 0.717) is 0 Å². The Labute approximate surface area is 72.8 Å². The van der Waals surface area contributed by atoms with Crippen molar-refractivity contribution >= 4 is 10.0 Å². The van der Waals surface area contributed by atoms with Crippen molar-refractivity contribution in [2.45, 2.75) is 19.8 Å². The van der Waals surface area contributed by atoms with Crippen LogP contribution in [0.25, 0.3) is 0 Å². The normalized spacial score (nSPS) is 13.5. The molecule has 11 heavy (non-hydrogen) atoms. The number of unbranched alkanes of at least 4 members (excludes halogenated alkanes) is 1. The summed E-state index contributed by atoms with van der Waals surface area (Å²) in [6.07, 6.45) is 9.43. The van der Waals surface area contributed by atoms with Gasteiger partial charge in [-0.1, -0.05) is 13.3 Å². The molecule has 0 spiro atoms. The highest BCUT2D eigenvalue weighted by molar-refractivity contribution is 8.32. The maximum Gasteiger partial charge on any atom is 0.0541 e. The Morgan fingerprint density at radius 3 is 2.18 bits per heavy atom. The molecule has 0 saturated heterocycles. The van der Waals surface area contributed by atoms with Gasteiger partial charge in [-0.2, -0.15) is 0 Å². The maximum atomic E-state index is 5.47. The van der Waals surface area contributed by atoms with Crippen LogP contribution in [0.4, 0.5) is 0 Å². The molecule has 0 N–H and O–H groups in total. The van der Waals surface area contributed by atoms with Crippen molar-refractivity contribution in [3.8, 4) is 0 Å². The Morgan fingerprint density at radius 1 is 1.09 bits per heavy atom. The van der Waals surface area contributed by atoms with E-state index >= 15 is 0 Å². The molecule has 0 aliphatic heterocycles. The summed E-state index contributed by atoms with van der Waals surface area (Å²) < 4.78 is 5.47. The van der Waals surface area contributed by atoms with Crippen molar-refractivity contribution in [2.75, 3.05) is 37.7 Å². The largest absolute Gasteiger partial charge is 0.381 e. The van der Waals surface area contributed by atoms with Gasteiger partial charge in [0.15, 0.2) is 0 Å². The summed E-state index contributed by atoms with van der Waals surface area (Å²) in [6.45, 7) is 4.10. The van der Waals surface area contributed by atoms with E-state index in [1.807, 2.05) is 0 Å². The van der Waals surface area contributed by atoms with Crippen molar-refractivity contribution in [3.05, 3.63) is 0 Å². The molecule has 0 aliphatic rings. The number of hydrogen-bond acceptors (Lipinski definition) is 1. The fourth-order valence-corrected chi connectivity index (χ4v) is 1.28. The van der Waals surface area contributed by atoms with E-state index in [0.717, 1.165) is 13.2 Å². The van der Waals surface area contributed by atoms with Crippen molar-refractivity contribution in [1.82, 2.24) is 0 Å². The topological polar surface area (TPSA) is 9.23 Å². The van der Waals surface area contributed by atoms with Crippen LogP contribution in [-0.4, -0.2) is 37.7 Å². The van der Waals surface area contributed by atoms with Crippen LogP contribution in [0.15, 0.2) is 0 Å². The van der Waals surface area contributed by atoms with Crippen molar-refractivity contribution in [1.29, 1.82) is 0 Å². The lowest BCUT2D eigenvalue weighted by Crippen LogP contribution is -2.07. The SMILES string of the molecule is CCCCOCCS(C)(C)C. The zero-order valence-electron chi connectivity index (χ0n) is 8.35. The molecular formula is C9H22OS. The summed E-state index contributed by atoms with van der Waals surface area (Å²) in [6, 6.07) is 0. The van der Waals surface area contributed by atoms with Gasteiger partial charge in [0.2, 0.25) is 0 Å². The lowest BCUT2D eigenvalue weighted by Gasteiger charge is -2.24. The summed E-state index contributed by atoms with van der Waals surface area (Å²) in [5, 5.41) is 0. The summed E-state index contributed by atoms with van der Waals surface area (Å²) in [4.78, 5) is 0. The van der Waals surface area contributed by atoms with Crippen LogP contribution in [0.2, 0.25) is 0 Å². The van der Waals surface area contributed by atoms with Gasteiger partial charge >= 0.3 is 0 Å². The number of hydrogen-bond donors (Lipinski definition) is 0. The molecule has 0 aromatic carbocycles. The third-order valence-electron chi connectivity index (χ3n) is 1.48. The van der Waals surface area contributed by atoms with E-state index < -0.39 is 0 Å². The van der Waals surface area contributed by atoms with Gasteiger partial charge in [-0.05, 0) is 25.2 Å². The highest BCUT2D eigenvalue weighted by Gasteiger charge is 2.02. The Kier molecular flexibility index (Phi) is 6.06. The predicted molar refractivity (Wildman–Crippen MR) is 56.0 cm³/mol. The molecule has 0 radical (unpaired) electrons. The molecule has 2 heteroatoms. The summed E-state index contributed by atoms with van der Waals surface area (Å²) in [5.41, 5.74) is 0. The van der Waals surface area contributed by atoms with Gasteiger partial charge in [-0.15, -0.1) is 0 Å². The highest BCUT2D eigenvalue weighted by Crippen LogP contribution is 2.33. The van der Waals surface area contributed by atoms with Crippen LogP contribution < -0.4 is 0 Å². The van der Waals surface area contributed by atoms with Gasteiger partial charge in [-0.3, -0.25) is 0 Å². The molecule has 0 saturated carbocycles. The fraction of sp³-hybridized carbons (Fsp3) is 1.00. The van der Waals surface area contributed by atoms with E-state index in [1.54, 1.807) is 0 Å². The summed E-state index contributed by atoms with van der Waals surface area (Å²) in [7, 11) is -0.336. The minimum absolute atomic E-state index is 0.336. The third kappa shape index (κ3) is 10.3. The van der Waals surface area contributed by atoms with Crippen molar-refractivity contribution in [3.63, 3.8) is 0 Å². The second-order valence-corrected chi connectivity index (χ2v) is 8.35. The second-order valence-electron chi connectivity index (χ2n) is 3.76. The van der Waals surface area contributed by atoms with Crippen LogP contribution in [0, 0.1) is 0 Å². The molecule has 0 aromatic heterocycles. The molecule has 0 rings (SSSR count). The van der Waals surface area contributed by atoms with Gasteiger partial charge in [0.25, 0.3) is 0 Å². The average Bonchev–Trinajstić information content (AvgIpc) is 1.85. The highest BCUT2D eigenvalue weighted by atomic mass is 32.3. The Balaban J connectivity index is 3.02. The minimum Gasteiger partial charge on any atom is -0.381 e. The third-order valence-corrected chi connectivity index (χ3v) is 2.87. The lowest BCUT2D eigenvalue weighted by atomic mass is 10.4. The first-order valence-electron chi connectivity index (χ1n) is 4.30. The lowest BCUT2D eigenvalue weighted by molar-refractivity contribution is 0.146. The van der Waals surface area contributed by atoms with E-state index in [1.165, 1.54) is 18.6 Å². The van der Waals surface area contributed by atoms with E-state index in [-0.39, 0.29) is 10.0 Å². The van der Waals surface area contributed by atoms with Crippen LogP contribution in [0.3, 0.4) is 0 Å². The number of ether oxygens (including phenoxy) is 1.